The molecule has 5 nitrogen and oxygen atoms in total. The number of hydrogen-bond donors (Lipinski definition) is 2. The molecule has 0 fully saturated rings. The van der Waals surface area contributed by atoms with Gasteiger partial charge >= 0.3 is 0 Å². The lowest BCUT2D eigenvalue weighted by molar-refractivity contribution is 0.0993. The van der Waals surface area contributed by atoms with Crippen LogP contribution < -0.4 is 16.2 Å². The van der Waals surface area contributed by atoms with Gasteiger partial charge in [0.1, 0.15) is 5.82 Å². The highest BCUT2D eigenvalue weighted by Gasteiger charge is 2.15. The van der Waals surface area contributed by atoms with E-state index >= 15 is 0 Å². The van der Waals surface area contributed by atoms with Crippen molar-refractivity contribution in [1.29, 1.82) is 0 Å². The van der Waals surface area contributed by atoms with Gasteiger partial charge in [0, 0.05) is 24.0 Å². The van der Waals surface area contributed by atoms with Gasteiger partial charge in [0.05, 0.1) is 0 Å². The molecule has 1 heterocycles. The number of pyridine rings is 1. The maximum atomic E-state index is 12.6. The summed E-state index contributed by atoms with van der Waals surface area (Å²) in [7, 11) is 1.76. The predicted octanol–water partition coefficient (Wildman–Crippen LogP) is 2.51. The van der Waals surface area contributed by atoms with E-state index in [0.717, 1.165) is 23.4 Å². The minimum absolute atomic E-state index is 0.0903. The van der Waals surface area contributed by atoms with Crippen molar-refractivity contribution < 1.29 is 4.79 Å². The van der Waals surface area contributed by atoms with Gasteiger partial charge in [0.2, 0.25) is 0 Å². The molecule has 0 saturated heterocycles. The first-order valence-corrected chi connectivity index (χ1v) is 6.87. The highest BCUT2D eigenvalue weighted by atomic mass is 16.2. The van der Waals surface area contributed by atoms with Crippen molar-refractivity contribution in [2.45, 2.75) is 20.3 Å². The number of rotatable bonds is 4. The molecule has 2 aromatic rings. The second kappa shape index (κ2) is 6.37. The van der Waals surface area contributed by atoms with E-state index in [-0.39, 0.29) is 5.91 Å². The molecule has 110 valence electrons. The van der Waals surface area contributed by atoms with Crippen molar-refractivity contribution in [3.63, 3.8) is 0 Å². The normalized spacial score (nSPS) is 10.3. The first-order chi connectivity index (χ1) is 10.0. The van der Waals surface area contributed by atoms with Crippen LogP contribution in [0.4, 0.5) is 11.5 Å². The summed E-state index contributed by atoms with van der Waals surface area (Å²) in [5.74, 6) is 5.81. The second-order valence-electron chi connectivity index (χ2n) is 4.93. The number of nitrogens with one attached hydrogen (secondary N) is 1. The quantitative estimate of drug-likeness (QED) is 0.668. The molecule has 1 amide bonds. The molecule has 1 aromatic carbocycles. The second-order valence-corrected chi connectivity index (χ2v) is 4.93. The lowest BCUT2D eigenvalue weighted by Gasteiger charge is -2.18. The molecule has 5 heteroatoms. The predicted molar refractivity (Wildman–Crippen MR) is 85.3 cm³/mol. The van der Waals surface area contributed by atoms with Gasteiger partial charge in [-0.05, 0) is 37.6 Å². The molecule has 0 unspecified atom stereocenters. The molecule has 0 aliphatic heterocycles. The minimum Gasteiger partial charge on any atom is -0.311 e. The zero-order valence-electron chi connectivity index (χ0n) is 12.6. The largest absolute Gasteiger partial charge is 0.311 e. The fourth-order valence-corrected chi connectivity index (χ4v) is 2.05. The topological polar surface area (TPSA) is 71.2 Å². The molecule has 0 bridgehead atoms. The summed E-state index contributed by atoms with van der Waals surface area (Å²) < 4.78 is 0. The number of nitrogens with zero attached hydrogens (tertiary/aromatic N) is 2. The molecule has 1 aromatic heterocycles. The highest BCUT2D eigenvalue weighted by molar-refractivity contribution is 6.06. The third-order valence-electron chi connectivity index (χ3n) is 3.36. The standard InChI is InChI=1S/C16H20N4O/c1-4-13-9-12(10-15(18-13)19-17)16(21)20(3)14-7-5-11(2)6-8-14/h5-10H,4,17H2,1-3H3,(H,18,19). The van der Waals surface area contributed by atoms with Gasteiger partial charge in [0.15, 0.2) is 0 Å². The van der Waals surface area contributed by atoms with Crippen molar-refractivity contribution in [2.75, 3.05) is 17.4 Å². The monoisotopic (exact) mass is 284 g/mol. The summed E-state index contributed by atoms with van der Waals surface area (Å²) in [6, 6.07) is 11.3. The summed E-state index contributed by atoms with van der Waals surface area (Å²) in [4.78, 5) is 18.5. The zero-order valence-corrected chi connectivity index (χ0v) is 12.6. The van der Waals surface area contributed by atoms with Gasteiger partial charge in [0.25, 0.3) is 5.91 Å². The smallest absolute Gasteiger partial charge is 0.258 e. The van der Waals surface area contributed by atoms with Crippen LogP contribution in [0.1, 0.15) is 28.5 Å². The van der Waals surface area contributed by atoms with Crippen molar-refractivity contribution in [2.24, 2.45) is 5.84 Å². The molecule has 21 heavy (non-hydrogen) atoms. The molecular formula is C16H20N4O. The molecule has 0 aliphatic rings. The van der Waals surface area contributed by atoms with Crippen LogP contribution in [0.25, 0.3) is 0 Å². The number of benzene rings is 1. The summed E-state index contributed by atoms with van der Waals surface area (Å²) in [6.07, 6.45) is 0.740. The molecule has 0 saturated carbocycles. The Morgan fingerprint density at radius 1 is 1.29 bits per heavy atom. The Hall–Kier alpha value is -2.40. The van der Waals surface area contributed by atoms with Crippen LogP contribution >= 0.6 is 0 Å². The summed E-state index contributed by atoms with van der Waals surface area (Å²) >= 11 is 0. The average molecular weight is 284 g/mol. The van der Waals surface area contributed by atoms with Crippen molar-refractivity contribution in [1.82, 2.24) is 4.98 Å². The van der Waals surface area contributed by atoms with E-state index in [1.165, 1.54) is 0 Å². The Balaban J connectivity index is 2.32. The van der Waals surface area contributed by atoms with Gasteiger partial charge in [-0.1, -0.05) is 24.6 Å². The first kappa shape index (κ1) is 15.0. The Morgan fingerprint density at radius 3 is 2.52 bits per heavy atom. The van der Waals surface area contributed by atoms with E-state index in [4.69, 9.17) is 5.84 Å². The number of anilines is 2. The number of hydrazine groups is 1. The average Bonchev–Trinajstić information content (AvgIpc) is 2.53. The Kier molecular flexibility index (Phi) is 4.55. The van der Waals surface area contributed by atoms with Gasteiger partial charge < -0.3 is 10.3 Å². The first-order valence-electron chi connectivity index (χ1n) is 6.87. The van der Waals surface area contributed by atoms with Gasteiger partial charge in [-0.3, -0.25) is 4.79 Å². The van der Waals surface area contributed by atoms with Crippen LogP contribution in [0.5, 0.6) is 0 Å². The van der Waals surface area contributed by atoms with E-state index in [0.29, 0.717) is 11.4 Å². The number of aryl methyl sites for hydroxylation is 2. The number of hydrogen-bond acceptors (Lipinski definition) is 4. The molecule has 3 N–H and O–H groups in total. The van der Waals surface area contributed by atoms with E-state index in [2.05, 4.69) is 10.4 Å². The van der Waals surface area contributed by atoms with E-state index in [9.17, 15) is 4.79 Å². The zero-order chi connectivity index (χ0) is 15.4. The minimum atomic E-state index is -0.0903. The molecule has 0 spiro atoms. The summed E-state index contributed by atoms with van der Waals surface area (Å²) in [5, 5.41) is 0. The summed E-state index contributed by atoms with van der Waals surface area (Å²) in [6.45, 7) is 4.00. The molecule has 0 atom stereocenters. The Morgan fingerprint density at radius 2 is 1.95 bits per heavy atom. The fraction of sp³-hybridized carbons (Fsp3) is 0.250. The van der Waals surface area contributed by atoms with Gasteiger partial charge in [-0.15, -0.1) is 0 Å². The van der Waals surface area contributed by atoms with Crippen LogP contribution in [0, 0.1) is 6.92 Å². The lowest BCUT2D eigenvalue weighted by atomic mass is 10.1. The number of amides is 1. The third kappa shape index (κ3) is 3.38. The van der Waals surface area contributed by atoms with E-state index in [1.54, 1.807) is 24.1 Å². The van der Waals surface area contributed by atoms with Crippen molar-refractivity contribution in [3.05, 3.63) is 53.2 Å². The number of carbonyl (C=O) groups is 1. The molecule has 0 radical (unpaired) electrons. The lowest BCUT2D eigenvalue weighted by Crippen LogP contribution is -2.26. The van der Waals surface area contributed by atoms with E-state index < -0.39 is 0 Å². The maximum absolute atomic E-state index is 12.6. The maximum Gasteiger partial charge on any atom is 0.258 e. The van der Waals surface area contributed by atoms with Crippen LogP contribution in [-0.4, -0.2) is 17.9 Å². The Bertz CT molecular complexity index is 615. The number of aromatic nitrogens is 1. The Labute approximate surface area is 124 Å². The van der Waals surface area contributed by atoms with Crippen molar-refractivity contribution >= 4 is 17.4 Å². The van der Waals surface area contributed by atoms with Gasteiger partial charge in [-0.25, -0.2) is 10.8 Å². The van der Waals surface area contributed by atoms with E-state index in [1.807, 2.05) is 38.1 Å². The molecule has 2 rings (SSSR count). The van der Waals surface area contributed by atoms with Crippen LogP contribution in [0.2, 0.25) is 0 Å². The molecular weight excluding hydrogens is 264 g/mol. The number of nitrogens with two attached hydrogens (primary N) is 1. The number of nitrogen functional groups attached to an aromatic ring is 1. The van der Waals surface area contributed by atoms with Crippen LogP contribution in [0.3, 0.4) is 0 Å². The number of carbonyl (C=O) groups excluding carboxylic acids is 1. The third-order valence-corrected chi connectivity index (χ3v) is 3.36. The molecule has 0 aliphatic carbocycles. The SMILES string of the molecule is CCc1cc(C(=O)N(C)c2ccc(C)cc2)cc(NN)n1. The summed E-state index contributed by atoms with van der Waals surface area (Å²) in [5.41, 5.74) is 5.90. The fourth-order valence-electron chi connectivity index (χ4n) is 2.05. The highest BCUT2D eigenvalue weighted by Crippen LogP contribution is 2.18. The van der Waals surface area contributed by atoms with Crippen LogP contribution in [-0.2, 0) is 6.42 Å². The van der Waals surface area contributed by atoms with Gasteiger partial charge in [-0.2, -0.15) is 0 Å². The van der Waals surface area contributed by atoms with Crippen LogP contribution in [0.15, 0.2) is 36.4 Å². The van der Waals surface area contributed by atoms with Crippen molar-refractivity contribution in [3.8, 4) is 0 Å².